The maximum atomic E-state index is 11.1. The molecule has 0 unspecified atom stereocenters. The molecule has 0 aliphatic rings. The lowest BCUT2D eigenvalue weighted by molar-refractivity contribution is 0.678. The van der Waals surface area contributed by atoms with Crippen molar-refractivity contribution in [2.45, 2.75) is 13.8 Å². The minimum absolute atomic E-state index is 0.344. The van der Waals surface area contributed by atoms with Crippen LogP contribution in [0.3, 0.4) is 0 Å². The zero-order valence-corrected chi connectivity index (χ0v) is 7.31. The van der Waals surface area contributed by atoms with Crippen LogP contribution in [0, 0.1) is 0 Å². The van der Waals surface area contributed by atoms with Crippen LogP contribution in [0.15, 0.2) is 0 Å². The number of hydrogen-bond acceptors (Lipinski definition) is 1. The average molecular weight is 177 g/mol. The molecule has 0 radical (unpaired) electrons. The molecule has 4 heteroatoms. The van der Waals surface area contributed by atoms with Gasteiger partial charge >= 0.3 is 0 Å². The summed E-state index contributed by atoms with van der Waals surface area (Å²) in [4.78, 5) is 0. The van der Waals surface area contributed by atoms with Crippen LogP contribution in [-0.4, -0.2) is 15.7 Å². The van der Waals surface area contributed by atoms with Crippen molar-refractivity contribution in [1.82, 2.24) is 0 Å². The molecule has 8 heavy (non-hydrogen) atoms. The van der Waals surface area contributed by atoms with Crippen molar-refractivity contribution in [2.75, 3.05) is 11.5 Å². The summed E-state index contributed by atoms with van der Waals surface area (Å²) in [5.41, 5.74) is 0. The normalized spacial score (nSPS) is 17.2. The summed E-state index contributed by atoms with van der Waals surface area (Å²) in [6, 6.07) is 0. The second kappa shape index (κ2) is 2.16. The molecule has 0 bridgehead atoms. The van der Waals surface area contributed by atoms with E-state index in [-0.39, 0.29) is 0 Å². The van der Waals surface area contributed by atoms with Crippen LogP contribution < -0.4 is 0 Å². The van der Waals surface area contributed by atoms with Gasteiger partial charge < -0.3 is 0 Å². The first-order valence-electron chi connectivity index (χ1n) is 2.47. The quantitative estimate of drug-likeness (QED) is 0.590. The van der Waals surface area contributed by atoms with Crippen LogP contribution in [0.4, 0.5) is 0 Å². The minimum Gasteiger partial charge on any atom is -0.253 e. The molecular weight excluding hydrogens is 167 g/mol. The number of rotatable bonds is 2. The molecule has 0 saturated carbocycles. The van der Waals surface area contributed by atoms with E-state index in [0.29, 0.717) is 11.5 Å². The molecule has 0 rings (SSSR count). The van der Waals surface area contributed by atoms with Gasteiger partial charge in [-0.2, -0.15) is 0 Å². The largest absolute Gasteiger partial charge is 0.253 e. The predicted octanol–water partition coefficient (Wildman–Crippen LogP) is 2.15. The van der Waals surface area contributed by atoms with Gasteiger partial charge in [0.25, 0.3) is 0 Å². The van der Waals surface area contributed by atoms with E-state index in [1.165, 1.54) is 0 Å². The van der Waals surface area contributed by atoms with Crippen LogP contribution >= 0.6 is 21.4 Å². The Morgan fingerprint density at radius 3 is 1.50 bits per heavy atom. The first-order valence-corrected chi connectivity index (χ1v) is 6.42. The molecule has 0 N–H and O–H groups in total. The third-order valence-electron chi connectivity index (χ3n) is 1.08. The molecule has 0 aliphatic carbocycles. The highest BCUT2D eigenvalue weighted by atomic mass is 36.0. The molecule has 0 aliphatic heterocycles. The Labute approximate surface area is 58.8 Å². The number of hydrogen-bond donors (Lipinski definition) is 0. The van der Waals surface area contributed by atoms with Crippen molar-refractivity contribution in [3.8, 4) is 0 Å². The van der Waals surface area contributed by atoms with Crippen molar-refractivity contribution in [3.63, 3.8) is 0 Å². The van der Waals surface area contributed by atoms with Crippen molar-refractivity contribution < 1.29 is 4.21 Å². The first kappa shape index (κ1) is 8.73. The molecule has 0 amide bonds. The van der Waals surface area contributed by atoms with Gasteiger partial charge in [-0.1, -0.05) is 13.8 Å². The van der Waals surface area contributed by atoms with Gasteiger partial charge in [0.1, 0.15) is 0 Å². The second-order valence-electron chi connectivity index (χ2n) is 1.64. The summed E-state index contributed by atoms with van der Waals surface area (Å²) in [7, 11) is 7.77. The van der Waals surface area contributed by atoms with E-state index in [4.69, 9.17) is 21.4 Å². The Kier molecular flexibility index (Phi) is 2.36. The summed E-state index contributed by atoms with van der Waals surface area (Å²) in [6.07, 6.45) is 0. The van der Waals surface area contributed by atoms with Crippen LogP contribution in [0.1, 0.15) is 13.8 Å². The van der Waals surface area contributed by atoms with Crippen LogP contribution in [0.25, 0.3) is 0 Å². The summed E-state index contributed by atoms with van der Waals surface area (Å²) in [5.74, 6) is 0.688. The molecule has 52 valence electrons. The van der Waals surface area contributed by atoms with E-state index in [0.717, 1.165) is 0 Å². The standard InChI is InChI=1S/C4H10Cl2OS/c1-3-8(5,6,7)4-2/h3-4H2,1-2H3. The van der Waals surface area contributed by atoms with E-state index >= 15 is 0 Å². The Balaban J connectivity index is 4.25. The molecule has 0 saturated heterocycles. The second-order valence-corrected chi connectivity index (χ2v) is 9.69. The fourth-order valence-corrected chi connectivity index (χ4v) is 0.612. The van der Waals surface area contributed by atoms with Crippen LogP contribution in [0.2, 0.25) is 0 Å². The summed E-state index contributed by atoms with van der Waals surface area (Å²) in [5, 5.41) is 0. The lowest BCUT2D eigenvalue weighted by atomic mass is 11.0. The zero-order chi connectivity index (χ0) is 6.86. The molecule has 0 spiro atoms. The zero-order valence-electron chi connectivity index (χ0n) is 4.99. The lowest BCUT2D eigenvalue weighted by Crippen LogP contribution is -2.21. The Hall–Kier alpha value is 0.730. The summed E-state index contributed by atoms with van der Waals surface area (Å²) >= 11 is 0. The van der Waals surface area contributed by atoms with Crippen molar-refractivity contribution in [2.24, 2.45) is 0 Å². The Morgan fingerprint density at radius 2 is 1.50 bits per heavy atom. The molecule has 0 fully saturated rings. The van der Waals surface area contributed by atoms with E-state index in [9.17, 15) is 4.21 Å². The Bertz CT molecular complexity index is 127. The maximum absolute atomic E-state index is 11.1. The highest BCUT2D eigenvalue weighted by Gasteiger charge is 2.25. The summed E-state index contributed by atoms with van der Waals surface area (Å²) < 4.78 is 11.1. The van der Waals surface area contributed by atoms with Gasteiger partial charge in [-0.3, -0.25) is 4.21 Å². The molecule has 0 aromatic rings. The lowest BCUT2D eigenvalue weighted by Gasteiger charge is -2.23. The van der Waals surface area contributed by atoms with Crippen molar-refractivity contribution in [1.29, 1.82) is 0 Å². The first-order chi connectivity index (χ1) is 3.39. The molecule has 1 nitrogen and oxygen atoms in total. The smallest absolute Gasteiger partial charge is 0.0412 e. The monoisotopic (exact) mass is 176 g/mol. The molecule has 0 aromatic carbocycles. The van der Waals surface area contributed by atoms with Gasteiger partial charge in [0.2, 0.25) is 0 Å². The van der Waals surface area contributed by atoms with Crippen LogP contribution in [-0.2, 0) is 7.49 Å². The van der Waals surface area contributed by atoms with E-state index in [1.807, 2.05) is 0 Å². The van der Waals surface area contributed by atoms with Crippen molar-refractivity contribution in [3.05, 3.63) is 0 Å². The SMILES string of the molecule is CCS(=O)(Cl)(Cl)CC. The number of halogens is 2. The van der Waals surface area contributed by atoms with Gasteiger partial charge in [0.15, 0.2) is 0 Å². The fourth-order valence-electron chi connectivity index (χ4n) is 0.204. The molecule has 0 atom stereocenters. The molecule has 0 aromatic heterocycles. The third kappa shape index (κ3) is 2.90. The van der Waals surface area contributed by atoms with Crippen molar-refractivity contribution >= 4 is 28.9 Å². The van der Waals surface area contributed by atoms with Gasteiger partial charge in [0, 0.05) is 19.0 Å². The van der Waals surface area contributed by atoms with Gasteiger partial charge in [-0.15, -0.1) is 0 Å². The Morgan fingerprint density at radius 1 is 1.25 bits per heavy atom. The molecule has 0 heterocycles. The minimum atomic E-state index is -3.19. The molecular formula is C4H10Cl2OS. The van der Waals surface area contributed by atoms with Gasteiger partial charge in [-0.25, -0.2) is 0 Å². The van der Waals surface area contributed by atoms with Gasteiger partial charge in [-0.05, 0) is 21.4 Å². The summed E-state index contributed by atoms with van der Waals surface area (Å²) in [6.45, 7) is 3.44. The predicted molar refractivity (Wildman–Crippen MR) is 40.9 cm³/mol. The topological polar surface area (TPSA) is 17.1 Å². The van der Waals surface area contributed by atoms with E-state index < -0.39 is 7.49 Å². The average Bonchev–Trinajstić information content (AvgIpc) is 1.68. The fraction of sp³-hybridized carbons (Fsp3) is 1.00. The highest BCUT2D eigenvalue weighted by Crippen LogP contribution is 2.35. The van der Waals surface area contributed by atoms with Crippen LogP contribution in [0.5, 0.6) is 0 Å². The van der Waals surface area contributed by atoms with E-state index in [1.54, 1.807) is 13.8 Å². The van der Waals surface area contributed by atoms with E-state index in [2.05, 4.69) is 0 Å². The van der Waals surface area contributed by atoms with Gasteiger partial charge in [0.05, 0.1) is 0 Å². The highest BCUT2D eigenvalue weighted by molar-refractivity contribution is 8.53. The maximum Gasteiger partial charge on any atom is 0.0412 e. The third-order valence-corrected chi connectivity index (χ3v) is 5.86.